The number of sulfonamides is 1. The Labute approximate surface area is 107 Å². The smallest absolute Gasteiger partial charge is 0.389 e. The summed E-state index contributed by atoms with van der Waals surface area (Å²) in [7, 11) is -3.91. The maximum absolute atomic E-state index is 12.8. The molecule has 0 aliphatic rings. The van der Waals surface area contributed by atoms with Crippen LogP contribution in [0.2, 0.25) is 0 Å². The number of nitrogens with two attached hydrogens (primary N) is 1. The third kappa shape index (κ3) is 5.77. The van der Waals surface area contributed by atoms with E-state index in [0.29, 0.717) is 0 Å². The van der Waals surface area contributed by atoms with Gasteiger partial charge in [-0.05, 0) is 24.6 Å². The molecule has 9 heteroatoms. The Kier molecular flexibility index (Phi) is 4.61. The topological polar surface area (TPSA) is 72.2 Å². The van der Waals surface area contributed by atoms with Crippen LogP contribution >= 0.6 is 0 Å². The van der Waals surface area contributed by atoms with Crippen LogP contribution in [0.15, 0.2) is 18.2 Å². The lowest BCUT2D eigenvalue weighted by Crippen LogP contribution is -2.19. The minimum atomic E-state index is -4.39. The lowest BCUT2D eigenvalue weighted by molar-refractivity contribution is -0.134. The summed E-state index contributed by atoms with van der Waals surface area (Å²) in [6, 6.07) is 3.15. The summed E-state index contributed by atoms with van der Waals surface area (Å²) in [5.74, 6) is -1.39. The number of benzene rings is 1. The fourth-order valence-corrected chi connectivity index (χ4v) is 2.41. The van der Waals surface area contributed by atoms with Crippen LogP contribution in [0, 0.1) is 5.82 Å². The molecule has 0 aliphatic heterocycles. The standard InChI is InChI=1S/C10H12F4N2O2S/c11-8-3-2-7(6-9(8)15)16-19(17,18)5-1-4-10(12,13)14/h2-3,6,16H,1,4-5,15H2. The van der Waals surface area contributed by atoms with E-state index in [1.807, 2.05) is 4.72 Å². The SMILES string of the molecule is Nc1cc(NS(=O)(=O)CCCC(F)(F)F)ccc1F. The predicted octanol–water partition coefficient (Wildman–Crippen LogP) is 2.49. The van der Waals surface area contributed by atoms with E-state index in [0.717, 1.165) is 18.2 Å². The Morgan fingerprint density at radius 3 is 2.42 bits per heavy atom. The van der Waals surface area contributed by atoms with Gasteiger partial charge in [0.2, 0.25) is 10.0 Å². The van der Waals surface area contributed by atoms with Crippen molar-refractivity contribution in [1.82, 2.24) is 0 Å². The minimum Gasteiger partial charge on any atom is -0.396 e. The number of anilines is 2. The van der Waals surface area contributed by atoms with Crippen molar-refractivity contribution in [1.29, 1.82) is 0 Å². The third-order valence-electron chi connectivity index (χ3n) is 2.14. The van der Waals surface area contributed by atoms with Crippen molar-refractivity contribution in [3.8, 4) is 0 Å². The molecule has 19 heavy (non-hydrogen) atoms. The molecule has 0 bridgehead atoms. The predicted molar refractivity (Wildman–Crippen MR) is 63.5 cm³/mol. The fourth-order valence-electron chi connectivity index (χ4n) is 1.30. The Morgan fingerprint density at radius 1 is 1.26 bits per heavy atom. The molecule has 1 rings (SSSR count). The van der Waals surface area contributed by atoms with Gasteiger partial charge in [0.25, 0.3) is 0 Å². The van der Waals surface area contributed by atoms with Crippen molar-refractivity contribution in [3.05, 3.63) is 24.0 Å². The van der Waals surface area contributed by atoms with Crippen LogP contribution in [0.25, 0.3) is 0 Å². The van der Waals surface area contributed by atoms with Gasteiger partial charge in [0.1, 0.15) is 5.82 Å². The average Bonchev–Trinajstić information content (AvgIpc) is 2.20. The van der Waals surface area contributed by atoms with Gasteiger partial charge >= 0.3 is 6.18 Å². The molecule has 0 saturated heterocycles. The average molecular weight is 300 g/mol. The molecule has 0 amide bonds. The van der Waals surface area contributed by atoms with Crippen LogP contribution in [-0.2, 0) is 10.0 Å². The number of nitrogens with one attached hydrogen (secondary N) is 1. The van der Waals surface area contributed by atoms with E-state index < -0.39 is 40.6 Å². The highest BCUT2D eigenvalue weighted by molar-refractivity contribution is 7.92. The molecule has 1 aromatic rings. The Morgan fingerprint density at radius 2 is 1.89 bits per heavy atom. The fraction of sp³-hybridized carbons (Fsp3) is 0.400. The molecule has 0 heterocycles. The van der Waals surface area contributed by atoms with Crippen LogP contribution in [0.5, 0.6) is 0 Å². The van der Waals surface area contributed by atoms with Gasteiger partial charge in [0.05, 0.1) is 17.1 Å². The van der Waals surface area contributed by atoms with Gasteiger partial charge in [-0.25, -0.2) is 12.8 Å². The highest BCUT2D eigenvalue weighted by Crippen LogP contribution is 2.22. The monoisotopic (exact) mass is 300 g/mol. The van der Waals surface area contributed by atoms with E-state index in [4.69, 9.17) is 5.73 Å². The number of nitrogen functional groups attached to an aromatic ring is 1. The Balaban J connectivity index is 2.61. The Bertz CT molecular complexity index is 543. The van der Waals surface area contributed by atoms with Gasteiger partial charge in [-0.15, -0.1) is 0 Å². The quantitative estimate of drug-likeness (QED) is 0.648. The molecule has 1 aromatic carbocycles. The van der Waals surface area contributed by atoms with Crippen molar-refractivity contribution < 1.29 is 26.0 Å². The first kappa shape index (κ1) is 15.5. The number of alkyl halides is 3. The van der Waals surface area contributed by atoms with E-state index in [1.165, 1.54) is 0 Å². The summed E-state index contributed by atoms with van der Waals surface area (Å²) >= 11 is 0. The molecule has 0 radical (unpaired) electrons. The van der Waals surface area contributed by atoms with E-state index in [9.17, 15) is 26.0 Å². The normalized spacial score (nSPS) is 12.4. The summed E-state index contributed by atoms with van der Waals surface area (Å²) in [5.41, 5.74) is 4.99. The second-order valence-corrected chi connectivity index (χ2v) is 5.72. The lowest BCUT2D eigenvalue weighted by atomic mass is 10.3. The molecule has 0 saturated carbocycles. The highest BCUT2D eigenvalue weighted by Gasteiger charge is 2.27. The maximum atomic E-state index is 12.8. The van der Waals surface area contributed by atoms with Crippen molar-refractivity contribution in [3.63, 3.8) is 0 Å². The van der Waals surface area contributed by atoms with E-state index in [2.05, 4.69) is 0 Å². The van der Waals surface area contributed by atoms with Gasteiger partial charge in [-0.3, -0.25) is 4.72 Å². The largest absolute Gasteiger partial charge is 0.396 e. The van der Waals surface area contributed by atoms with Crippen LogP contribution in [0.4, 0.5) is 28.9 Å². The molecule has 0 fully saturated rings. The zero-order valence-corrected chi connectivity index (χ0v) is 10.5. The molecule has 0 atom stereocenters. The van der Waals surface area contributed by atoms with Crippen LogP contribution in [-0.4, -0.2) is 20.3 Å². The maximum Gasteiger partial charge on any atom is 0.389 e. The molecule has 4 nitrogen and oxygen atoms in total. The van der Waals surface area contributed by atoms with Crippen LogP contribution < -0.4 is 10.5 Å². The first-order valence-corrected chi connectivity index (χ1v) is 6.86. The molecular formula is C10H12F4N2O2S. The molecule has 3 N–H and O–H groups in total. The molecule has 108 valence electrons. The van der Waals surface area contributed by atoms with Crippen molar-refractivity contribution in [2.45, 2.75) is 19.0 Å². The van der Waals surface area contributed by atoms with Gasteiger partial charge < -0.3 is 5.73 Å². The summed E-state index contributed by atoms with van der Waals surface area (Å²) < 4.78 is 73.5. The summed E-state index contributed by atoms with van der Waals surface area (Å²) in [4.78, 5) is 0. The first-order chi connectivity index (χ1) is 8.59. The number of rotatable bonds is 5. The first-order valence-electron chi connectivity index (χ1n) is 5.21. The summed E-state index contributed by atoms with van der Waals surface area (Å²) in [5, 5.41) is 0. The van der Waals surface area contributed by atoms with Crippen molar-refractivity contribution in [2.24, 2.45) is 0 Å². The zero-order valence-electron chi connectivity index (χ0n) is 9.67. The highest BCUT2D eigenvalue weighted by atomic mass is 32.2. The van der Waals surface area contributed by atoms with Gasteiger partial charge in [-0.1, -0.05) is 0 Å². The van der Waals surface area contributed by atoms with Gasteiger partial charge in [0.15, 0.2) is 0 Å². The lowest BCUT2D eigenvalue weighted by Gasteiger charge is -2.09. The number of hydrogen-bond acceptors (Lipinski definition) is 3. The summed E-state index contributed by atoms with van der Waals surface area (Å²) in [6.45, 7) is 0. The molecule has 0 aliphatic carbocycles. The molecule has 0 spiro atoms. The molecule has 0 aromatic heterocycles. The third-order valence-corrected chi connectivity index (χ3v) is 3.52. The second kappa shape index (κ2) is 5.64. The number of hydrogen-bond donors (Lipinski definition) is 2. The van der Waals surface area contributed by atoms with Gasteiger partial charge in [0, 0.05) is 6.42 Å². The summed E-state index contributed by atoms with van der Waals surface area (Å²) in [6.07, 6.45) is -6.12. The Hall–Kier alpha value is -1.51. The van der Waals surface area contributed by atoms with Crippen LogP contribution in [0.3, 0.4) is 0 Å². The molecule has 0 unspecified atom stereocenters. The van der Waals surface area contributed by atoms with Gasteiger partial charge in [-0.2, -0.15) is 13.2 Å². The number of halogens is 4. The molecular weight excluding hydrogens is 288 g/mol. The van der Waals surface area contributed by atoms with Crippen molar-refractivity contribution >= 4 is 21.4 Å². The van der Waals surface area contributed by atoms with Crippen LogP contribution in [0.1, 0.15) is 12.8 Å². The minimum absolute atomic E-state index is 0.00547. The second-order valence-electron chi connectivity index (χ2n) is 3.88. The van der Waals surface area contributed by atoms with Crippen molar-refractivity contribution in [2.75, 3.05) is 16.2 Å². The van der Waals surface area contributed by atoms with E-state index >= 15 is 0 Å². The van der Waals surface area contributed by atoms with E-state index in [1.54, 1.807) is 0 Å². The zero-order chi connectivity index (χ0) is 14.7. The van der Waals surface area contributed by atoms with E-state index in [-0.39, 0.29) is 11.4 Å².